The maximum atomic E-state index is 12.2. The average Bonchev–Trinajstić information content (AvgIpc) is 3.32. The molecule has 0 saturated heterocycles. The average molecular weight is 449 g/mol. The van der Waals surface area contributed by atoms with Gasteiger partial charge in [-0.15, -0.1) is 16.4 Å². The molecule has 0 spiro atoms. The van der Waals surface area contributed by atoms with Crippen molar-refractivity contribution in [1.29, 1.82) is 0 Å². The van der Waals surface area contributed by atoms with Gasteiger partial charge in [-0.05, 0) is 35.3 Å². The highest BCUT2D eigenvalue weighted by atomic mass is 79.9. The van der Waals surface area contributed by atoms with E-state index in [9.17, 15) is 4.79 Å². The molecule has 4 aromatic rings. The van der Waals surface area contributed by atoms with E-state index in [2.05, 4.69) is 38.0 Å². The van der Waals surface area contributed by atoms with Crippen molar-refractivity contribution in [2.24, 2.45) is 0 Å². The lowest BCUT2D eigenvalue weighted by Crippen LogP contribution is -2.08. The molecule has 0 bridgehead atoms. The molecular formula is C17H17BrN6O2S. The number of rotatable bonds is 5. The second-order valence-corrected chi connectivity index (χ2v) is 8.14. The third kappa shape index (κ3) is 3.23. The highest BCUT2D eigenvalue weighted by Gasteiger charge is 2.22. The van der Waals surface area contributed by atoms with Gasteiger partial charge in [-0.1, -0.05) is 6.92 Å². The standard InChI is InChI=1S/C17H17BrN6O2S/c1-4-26-17(25)13-10(3)12-15-21-14(22-24(15)8-19-16(12)27-13)9(2)6-23-7-11(18)5-20-23/h5,7-9H,4,6H2,1-3H3. The van der Waals surface area contributed by atoms with Crippen LogP contribution in [-0.4, -0.2) is 41.9 Å². The molecule has 0 aliphatic carbocycles. The van der Waals surface area contributed by atoms with E-state index in [1.54, 1.807) is 24.0 Å². The van der Waals surface area contributed by atoms with Crippen molar-refractivity contribution in [3.05, 3.63) is 39.5 Å². The molecular weight excluding hydrogens is 432 g/mol. The van der Waals surface area contributed by atoms with E-state index in [0.717, 1.165) is 20.3 Å². The van der Waals surface area contributed by atoms with Crippen molar-refractivity contribution in [1.82, 2.24) is 29.4 Å². The zero-order chi connectivity index (χ0) is 19.1. The van der Waals surface area contributed by atoms with Crippen molar-refractivity contribution >= 4 is 49.1 Å². The Bertz CT molecular complexity index is 1150. The summed E-state index contributed by atoms with van der Waals surface area (Å²) in [5.41, 5.74) is 1.53. The van der Waals surface area contributed by atoms with E-state index in [-0.39, 0.29) is 11.9 Å². The lowest BCUT2D eigenvalue weighted by Gasteiger charge is -2.06. The van der Waals surface area contributed by atoms with Gasteiger partial charge in [0.2, 0.25) is 0 Å². The van der Waals surface area contributed by atoms with Crippen LogP contribution in [-0.2, 0) is 11.3 Å². The van der Waals surface area contributed by atoms with Gasteiger partial charge >= 0.3 is 5.97 Å². The number of nitrogens with zero attached hydrogens (tertiary/aromatic N) is 6. The van der Waals surface area contributed by atoms with E-state index in [1.165, 1.54) is 11.3 Å². The molecule has 0 radical (unpaired) electrons. The van der Waals surface area contributed by atoms with Gasteiger partial charge in [-0.25, -0.2) is 19.3 Å². The Labute approximate surface area is 167 Å². The molecule has 0 fully saturated rings. The second-order valence-electron chi connectivity index (χ2n) is 6.22. The summed E-state index contributed by atoms with van der Waals surface area (Å²) in [6.07, 6.45) is 5.31. The molecule has 4 rings (SSSR count). The molecule has 27 heavy (non-hydrogen) atoms. The molecule has 0 aromatic carbocycles. The summed E-state index contributed by atoms with van der Waals surface area (Å²) in [5.74, 6) is 0.447. The number of thiophene rings is 1. The Morgan fingerprint density at radius 2 is 2.26 bits per heavy atom. The van der Waals surface area contributed by atoms with Crippen LogP contribution < -0.4 is 0 Å². The number of fused-ring (bicyclic) bond motifs is 3. The Balaban J connectivity index is 1.75. The topological polar surface area (TPSA) is 87.2 Å². The van der Waals surface area contributed by atoms with Gasteiger partial charge in [0.15, 0.2) is 11.5 Å². The first-order valence-corrected chi connectivity index (χ1v) is 10.1. The zero-order valence-corrected chi connectivity index (χ0v) is 17.4. The van der Waals surface area contributed by atoms with Gasteiger partial charge in [0.25, 0.3) is 0 Å². The maximum absolute atomic E-state index is 12.2. The Kier molecular flexibility index (Phi) is 4.68. The van der Waals surface area contributed by atoms with Crippen molar-refractivity contribution in [2.45, 2.75) is 33.2 Å². The van der Waals surface area contributed by atoms with E-state index < -0.39 is 0 Å². The quantitative estimate of drug-likeness (QED) is 0.433. The number of carbonyl (C=O) groups is 1. The highest BCUT2D eigenvalue weighted by Crippen LogP contribution is 2.32. The molecule has 0 N–H and O–H groups in total. The van der Waals surface area contributed by atoms with Crippen molar-refractivity contribution in [3.63, 3.8) is 0 Å². The summed E-state index contributed by atoms with van der Waals surface area (Å²) in [5, 5.41) is 9.71. The van der Waals surface area contributed by atoms with Crippen LogP contribution >= 0.6 is 27.3 Å². The first-order chi connectivity index (χ1) is 13.0. The van der Waals surface area contributed by atoms with Crippen LogP contribution in [0, 0.1) is 6.92 Å². The minimum atomic E-state index is -0.325. The summed E-state index contributed by atoms with van der Waals surface area (Å²) in [6, 6.07) is 0. The number of carbonyl (C=O) groups excluding carboxylic acids is 1. The number of aryl methyl sites for hydroxylation is 1. The lowest BCUT2D eigenvalue weighted by molar-refractivity contribution is 0.0531. The van der Waals surface area contributed by atoms with Crippen LogP contribution in [0.25, 0.3) is 15.9 Å². The number of aromatic nitrogens is 6. The fraction of sp³-hybridized carbons (Fsp3) is 0.353. The molecule has 10 heteroatoms. The smallest absolute Gasteiger partial charge is 0.348 e. The molecule has 8 nitrogen and oxygen atoms in total. The van der Waals surface area contributed by atoms with Crippen LogP contribution in [0.4, 0.5) is 0 Å². The second kappa shape index (κ2) is 7.01. The molecule has 4 heterocycles. The molecule has 4 aromatic heterocycles. The van der Waals surface area contributed by atoms with Crippen LogP contribution in [0.1, 0.15) is 40.8 Å². The van der Waals surface area contributed by atoms with Gasteiger partial charge in [-0.2, -0.15) is 5.10 Å². The van der Waals surface area contributed by atoms with E-state index in [0.29, 0.717) is 29.5 Å². The third-order valence-electron chi connectivity index (χ3n) is 4.25. The molecule has 0 aliphatic heterocycles. The summed E-state index contributed by atoms with van der Waals surface area (Å²) in [7, 11) is 0. The first kappa shape index (κ1) is 18.1. The van der Waals surface area contributed by atoms with Gasteiger partial charge in [0.05, 0.1) is 29.2 Å². The highest BCUT2D eigenvalue weighted by molar-refractivity contribution is 9.10. The van der Waals surface area contributed by atoms with Gasteiger partial charge < -0.3 is 4.74 Å². The van der Waals surface area contributed by atoms with Crippen LogP contribution in [0.5, 0.6) is 0 Å². The van der Waals surface area contributed by atoms with Crippen molar-refractivity contribution < 1.29 is 9.53 Å². The monoisotopic (exact) mass is 448 g/mol. The first-order valence-electron chi connectivity index (χ1n) is 8.47. The summed E-state index contributed by atoms with van der Waals surface area (Å²) >= 11 is 4.73. The predicted molar refractivity (Wildman–Crippen MR) is 105 cm³/mol. The maximum Gasteiger partial charge on any atom is 0.348 e. The zero-order valence-electron chi connectivity index (χ0n) is 15.0. The van der Waals surface area contributed by atoms with Crippen molar-refractivity contribution in [3.8, 4) is 0 Å². The molecule has 0 aliphatic rings. The van der Waals surface area contributed by atoms with Gasteiger partial charge in [0.1, 0.15) is 16.0 Å². The number of halogens is 1. The lowest BCUT2D eigenvalue weighted by atomic mass is 10.1. The number of hydrogen-bond acceptors (Lipinski definition) is 7. The molecule has 1 atom stereocenters. The Hall–Kier alpha value is -2.33. The Morgan fingerprint density at radius 3 is 2.96 bits per heavy atom. The summed E-state index contributed by atoms with van der Waals surface area (Å²) in [4.78, 5) is 22.7. The molecule has 1 unspecified atom stereocenters. The number of hydrogen-bond donors (Lipinski definition) is 0. The predicted octanol–water partition coefficient (Wildman–Crippen LogP) is 3.59. The largest absolute Gasteiger partial charge is 0.462 e. The van der Waals surface area contributed by atoms with E-state index in [1.807, 2.05) is 17.8 Å². The minimum Gasteiger partial charge on any atom is -0.462 e. The van der Waals surface area contributed by atoms with Gasteiger partial charge in [-0.3, -0.25) is 4.68 Å². The van der Waals surface area contributed by atoms with Crippen LogP contribution in [0.15, 0.2) is 23.2 Å². The fourth-order valence-electron chi connectivity index (χ4n) is 2.95. The van der Waals surface area contributed by atoms with Gasteiger partial charge in [0, 0.05) is 12.1 Å². The third-order valence-corrected chi connectivity index (χ3v) is 5.84. The van der Waals surface area contributed by atoms with Crippen LogP contribution in [0.3, 0.4) is 0 Å². The SMILES string of the molecule is CCOC(=O)c1sc2ncn3nc(C(C)Cn4cc(Br)cn4)nc3c2c1C. The molecule has 140 valence electrons. The number of ether oxygens (including phenoxy) is 1. The number of esters is 1. The van der Waals surface area contributed by atoms with Crippen molar-refractivity contribution in [2.75, 3.05) is 6.61 Å². The van der Waals surface area contributed by atoms with E-state index in [4.69, 9.17) is 9.72 Å². The molecule has 0 saturated carbocycles. The minimum absolute atomic E-state index is 0.0650. The Morgan fingerprint density at radius 1 is 1.44 bits per heavy atom. The fourth-order valence-corrected chi connectivity index (χ4v) is 4.32. The van der Waals surface area contributed by atoms with E-state index >= 15 is 0 Å². The summed E-state index contributed by atoms with van der Waals surface area (Å²) in [6.45, 7) is 6.74. The molecule has 0 amide bonds. The van der Waals surface area contributed by atoms with Crippen LogP contribution in [0.2, 0.25) is 0 Å². The normalized spacial score (nSPS) is 12.7. The summed E-state index contributed by atoms with van der Waals surface area (Å²) < 4.78 is 9.60.